The van der Waals surface area contributed by atoms with Crippen LogP contribution < -0.4 is 0 Å². The van der Waals surface area contributed by atoms with Gasteiger partial charge in [0.05, 0.1) is 10.5 Å². The SMILES string of the molecule is CC1(C)CCCN(S(=O)(=O)c2cccc(C(=O)O)c2)C1. The van der Waals surface area contributed by atoms with Crippen LogP contribution in [-0.4, -0.2) is 36.9 Å². The maximum atomic E-state index is 12.6. The molecule has 0 atom stereocenters. The van der Waals surface area contributed by atoms with Crippen molar-refractivity contribution in [1.82, 2.24) is 4.31 Å². The lowest BCUT2D eigenvalue weighted by Crippen LogP contribution is -2.43. The minimum Gasteiger partial charge on any atom is -0.478 e. The molecule has 0 aromatic heterocycles. The van der Waals surface area contributed by atoms with E-state index in [9.17, 15) is 13.2 Å². The second-order valence-corrected chi connectivity index (χ2v) is 7.88. The maximum absolute atomic E-state index is 12.6. The van der Waals surface area contributed by atoms with E-state index in [0.717, 1.165) is 12.8 Å². The summed E-state index contributed by atoms with van der Waals surface area (Å²) < 4.78 is 26.6. The number of benzene rings is 1. The van der Waals surface area contributed by atoms with Crippen LogP contribution in [0.4, 0.5) is 0 Å². The highest BCUT2D eigenvalue weighted by molar-refractivity contribution is 7.89. The van der Waals surface area contributed by atoms with E-state index < -0.39 is 16.0 Å². The normalized spacial score (nSPS) is 19.7. The molecule has 5 nitrogen and oxygen atoms in total. The van der Waals surface area contributed by atoms with Gasteiger partial charge in [-0.1, -0.05) is 19.9 Å². The van der Waals surface area contributed by atoms with Crippen molar-refractivity contribution >= 4 is 16.0 Å². The van der Waals surface area contributed by atoms with Crippen LogP contribution in [0.3, 0.4) is 0 Å². The zero-order valence-corrected chi connectivity index (χ0v) is 12.5. The van der Waals surface area contributed by atoms with Crippen molar-refractivity contribution in [3.05, 3.63) is 29.8 Å². The summed E-state index contributed by atoms with van der Waals surface area (Å²) in [6.07, 6.45) is 1.82. The number of carboxylic acids is 1. The highest BCUT2D eigenvalue weighted by Crippen LogP contribution is 2.31. The van der Waals surface area contributed by atoms with Gasteiger partial charge in [-0.3, -0.25) is 0 Å². The second kappa shape index (κ2) is 5.18. The number of hydrogen-bond donors (Lipinski definition) is 1. The molecule has 20 heavy (non-hydrogen) atoms. The van der Waals surface area contributed by atoms with Gasteiger partial charge in [0.1, 0.15) is 0 Å². The van der Waals surface area contributed by atoms with Crippen LogP contribution in [0.25, 0.3) is 0 Å². The molecule has 1 saturated heterocycles. The predicted molar refractivity (Wildman–Crippen MR) is 75.2 cm³/mol. The van der Waals surface area contributed by atoms with Crippen LogP contribution in [0, 0.1) is 5.41 Å². The molecule has 1 N–H and O–H groups in total. The molecule has 0 saturated carbocycles. The highest BCUT2D eigenvalue weighted by Gasteiger charge is 2.34. The van der Waals surface area contributed by atoms with Gasteiger partial charge in [-0.15, -0.1) is 0 Å². The van der Waals surface area contributed by atoms with Gasteiger partial charge in [-0.25, -0.2) is 13.2 Å². The van der Waals surface area contributed by atoms with Crippen molar-refractivity contribution in [3.8, 4) is 0 Å². The number of nitrogens with zero attached hydrogens (tertiary/aromatic N) is 1. The minimum absolute atomic E-state index is 0.0117. The van der Waals surface area contributed by atoms with Crippen LogP contribution in [-0.2, 0) is 10.0 Å². The number of sulfonamides is 1. The molecule has 0 aliphatic carbocycles. The number of carbonyl (C=O) groups is 1. The van der Waals surface area contributed by atoms with Gasteiger partial charge in [-0.05, 0) is 36.5 Å². The number of piperidine rings is 1. The molecule has 2 rings (SSSR count). The van der Waals surface area contributed by atoms with Crippen LogP contribution >= 0.6 is 0 Å². The molecule has 6 heteroatoms. The fraction of sp³-hybridized carbons (Fsp3) is 0.500. The van der Waals surface area contributed by atoms with E-state index in [1.54, 1.807) is 0 Å². The summed E-state index contributed by atoms with van der Waals surface area (Å²) in [6.45, 7) is 5.04. The zero-order valence-electron chi connectivity index (χ0n) is 11.7. The van der Waals surface area contributed by atoms with E-state index in [2.05, 4.69) is 0 Å². The minimum atomic E-state index is -3.62. The quantitative estimate of drug-likeness (QED) is 0.928. The summed E-state index contributed by atoms with van der Waals surface area (Å²) >= 11 is 0. The van der Waals surface area contributed by atoms with Crippen LogP contribution in [0.5, 0.6) is 0 Å². The first-order valence-electron chi connectivity index (χ1n) is 6.56. The molecule has 0 amide bonds. The van der Waals surface area contributed by atoms with Crippen molar-refractivity contribution in [2.75, 3.05) is 13.1 Å². The molecule has 110 valence electrons. The van der Waals surface area contributed by atoms with Crippen molar-refractivity contribution in [3.63, 3.8) is 0 Å². The Kier molecular flexibility index (Phi) is 3.88. The monoisotopic (exact) mass is 297 g/mol. The average molecular weight is 297 g/mol. The number of carboxylic acid groups (broad SMARTS) is 1. The molecule has 1 aromatic rings. The average Bonchev–Trinajstić information content (AvgIpc) is 2.37. The van der Waals surface area contributed by atoms with E-state index in [0.29, 0.717) is 13.1 Å². The first-order chi connectivity index (χ1) is 9.22. The smallest absolute Gasteiger partial charge is 0.335 e. The second-order valence-electron chi connectivity index (χ2n) is 5.94. The highest BCUT2D eigenvalue weighted by atomic mass is 32.2. The van der Waals surface area contributed by atoms with Crippen molar-refractivity contribution in [2.24, 2.45) is 5.41 Å². The Morgan fingerprint density at radius 3 is 2.65 bits per heavy atom. The molecule has 1 aliphatic rings. The van der Waals surface area contributed by atoms with E-state index in [1.165, 1.54) is 28.6 Å². The Labute approximate surface area is 119 Å². The molecule has 1 fully saturated rings. The van der Waals surface area contributed by atoms with Gasteiger partial charge in [0.15, 0.2) is 0 Å². The topological polar surface area (TPSA) is 74.7 Å². The lowest BCUT2D eigenvalue weighted by molar-refractivity contribution is 0.0696. The fourth-order valence-corrected chi connectivity index (χ4v) is 4.23. The summed E-state index contributed by atoms with van der Waals surface area (Å²) in [5.74, 6) is -1.12. The Morgan fingerprint density at radius 2 is 2.05 bits per heavy atom. The van der Waals surface area contributed by atoms with Gasteiger partial charge >= 0.3 is 5.97 Å². The fourth-order valence-electron chi connectivity index (χ4n) is 2.51. The van der Waals surface area contributed by atoms with Crippen molar-refractivity contribution in [2.45, 2.75) is 31.6 Å². The van der Waals surface area contributed by atoms with Crippen molar-refractivity contribution < 1.29 is 18.3 Å². The molecular weight excluding hydrogens is 278 g/mol. The largest absolute Gasteiger partial charge is 0.478 e. The number of aromatic carboxylic acids is 1. The third-order valence-corrected chi connectivity index (χ3v) is 5.43. The molecular formula is C14H19NO4S. The molecule has 0 bridgehead atoms. The summed E-state index contributed by atoms with van der Waals surface area (Å²) in [7, 11) is -3.62. The molecule has 0 unspecified atom stereocenters. The Hall–Kier alpha value is -1.40. The number of hydrogen-bond acceptors (Lipinski definition) is 3. The Bertz CT molecular complexity index is 622. The zero-order chi connectivity index (χ0) is 15.0. The summed E-state index contributed by atoms with van der Waals surface area (Å²) in [5, 5.41) is 8.96. The van der Waals surface area contributed by atoms with Crippen LogP contribution in [0.2, 0.25) is 0 Å². The van der Waals surface area contributed by atoms with Crippen LogP contribution in [0.1, 0.15) is 37.0 Å². The third-order valence-electron chi connectivity index (χ3n) is 3.58. The summed E-state index contributed by atoms with van der Waals surface area (Å²) in [5.41, 5.74) is -0.0576. The lowest BCUT2D eigenvalue weighted by atomic mass is 9.85. The standard InChI is InChI=1S/C14H19NO4S/c1-14(2)7-4-8-15(10-14)20(18,19)12-6-3-5-11(9-12)13(16)17/h3,5-6,9H,4,7-8,10H2,1-2H3,(H,16,17). The first kappa shape index (κ1) is 15.0. The Balaban J connectivity index is 2.35. The maximum Gasteiger partial charge on any atom is 0.335 e. The lowest BCUT2D eigenvalue weighted by Gasteiger charge is -2.37. The van der Waals surface area contributed by atoms with Gasteiger partial charge in [-0.2, -0.15) is 4.31 Å². The van der Waals surface area contributed by atoms with E-state index >= 15 is 0 Å². The molecule has 1 aliphatic heterocycles. The molecule has 0 spiro atoms. The van der Waals surface area contributed by atoms with E-state index in [-0.39, 0.29) is 15.9 Å². The van der Waals surface area contributed by atoms with Gasteiger partial charge < -0.3 is 5.11 Å². The third kappa shape index (κ3) is 3.02. The number of rotatable bonds is 3. The van der Waals surface area contributed by atoms with Crippen LogP contribution in [0.15, 0.2) is 29.2 Å². The summed E-state index contributed by atoms with van der Waals surface area (Å²) in [4.78, 5) is 11.0. The van der Waals surface area contributed by atoms with Gasteiger partial charge in [0.25, 0.3) is 0 Å². The first-order valence-corrected chi connectivity index (χ1v) is 8.00. The molecule has 0 radical (unpaired) electrons. The van der Waals surface area contributed by atoms with Gasteiger partial charge in [0, 0.05) is 13.1 Å². The Morgan fingerprint density at radius 1 is 1.35 bits per heavy atom. The predicted octanol–water partition coefficient (Wildman–Crippen LogP) is 2.20. The van der Waals surface area contributed by atoms with E-state index in [4.69, 9.17) is 5.11 Å². The summed E-state index contributed by atoms with van der Waals surface area (Å²) in [6, 6.07) is 5.52. The van der Waals surface area contributed by atoms with Crippen molar-refractivity contribution in [1.29, 1.82) is 0 Å². The molecule has 1 aromatic carbocycles. The molecule has 1 heterocycles. The van der Waals surface area contributed by atoms with E-state index in [1.807, 2.05) is 13.8 Å². The van der Waals surface area contributed by atoms with Gasteiger partial charge in [0.2, 0.25) is 10.0 Å².